The number of carbonyl (C=O) groups is 1. The highest BCUT2D eigenvalue weighted by Crippen LogP contribution is 2.19. The topological polar surface area (TPSA) is 83.8 Å². The number of pyridine rings is 1. The molecule has 0 radical (unpaired) electrons. The van der Waals surface area contributed by atoms with Crippen molar-refractivity contribution in [1.82, 2.24) is 9.97 Å². The Morgan fingerprint density at radius 2 is 2.10 bits per heavy atom. The molecule has 2 heterocycles. The van der Waals surface area contributed by atoms with Crippen LogP contribution in [0.25, 0.3) is 10.9 Å². The highest BCUT2D eigenvalue weighted by molar-refractivity contribution is 9.10. The molecule has 0 saturated heterocycles. The zero-order valence-electron chi connectivity index (χ0n) is 10.4. The Kier molecular flexibility index (Phi) is 3.15. The molecule has 0 aliphatic heterocycles. The molecular weight excluding hydrogens is 320 g/mol. The molecule has 6 heteroatoms. The summed E-state index contributed by atoms with van der Waals surface area (Å²) in [6.45, 7) is 0. The summed E-state index contributed by atoms with van der Waals surface area (Å²) < 4.78 is 0.858. The third-order valence-electron chi connectivity index (χ3n) is 2.86. The fourth-order valence-electron chi connectivity index (χ4n) is 1.91. The smallest absolute Gasteiger partial charge is 0.273 e. The van der Waals surface area contributed by atoms with Gasteiger partial charge in [-0.3, -0.25) is 4.79 Å². The van der Waals surface area contributed by atoms with E-state index < -0.39 is 0 Å². The van der Waals surface area contributed by atoms with Crippen molar-refractivity contribution in [3.8, 4) is 0 Å². The number of rotatable bonds is 2. The first-order valence-corrected chi connectivity index (χ1v) is 6.72. The third-order valence-corrected chi connectivity index (χ3v) is 3.33. The molecule has 2 aromatic heterocycles. The van der Waals surface area contributed by atoms with E-state index in [0.717, 1.165) is 15.4 Å². The van der Waals surface area contributed by atoms with Gasteiger partial charge in [0.25, 0.3) is 5.91 Å². The molecule has 0 fully saturated rings. The minimum atomic E-state index is -0.241. The number of halogens is 1. The summed E-state index contributed by atoms with van der Waals surface area (Å²) >= 11 is 3.29. The van der Waals surface area contributed by atoms with E-state index in [0.29, 0.717) is 17.2 Å². The van der Waals surface area contributed by atoms with E-state index >= 15 is 0 Å². The molecule has 1 amide bonds. The normalized spacial score (nSPS) is 10.7. The fraction of sp³-hybridized carbons (Fsp3) is 0. The molecule has 0 unspecified atom stereocenters. The number of nitrogen functional groups attached to an aromatic ring is 1. The summed E-state index contributed by atoms with van der Waals surface area (Å²) in [4.78, 5) is 19.3. The minimum absolute atomic E-state index is 0.241. The van der Waals surface area contributed by atoms with Gasteiger partial charge in [0.2, 0.25) is 0 Å². The third kappa shape index (κ3) is 2.50. The second kappa shape index (κ2) is 4.97. The predicted octanol–water partition coefficient (Wildman–Crippen LogP) is 3.16. The number of nitrogens with zero attached hydrogens (tertiary/aromatic N) is 1. The number of nitrogens with two attached hydrogens (primary N) is 1. The van der Waals surface area contributed by atoms with E-state index in [1.54, 1.807) is 24.4 Å². The maximum Gasteiger partial charge on any atom is 0.273 e. The SMILES string of the molecule is Nc1ccc2[nH]c(C(=O)Nc3ccc(Br)cn3)cc2c1. The maximum atomic E-state index is 12.1. The summed E-state index contributed by atoms with van der Waals surface area (Å²) in [6, 6.07) is 10.8. The number of carbonyl (C=O) groups excluding carboxylic acids is 1. The molecule has 4 N–H and O–H groups in total. The number of nitrogens with one attached hydrogen (secondary N) is 2. The number of amides is 1. The van der Waals surface area contributed by atoms with Gasteiger partial charge < -0.3 is 16.0 Å². The molecule has 3 aromatic rings. The second-order valence-corrected chi connectivity index (χ2v) is 5.26. The van der Waals surface area contributed by atoms with Crippen LogP contribution in [-0.4, -0.2) is 15.9 Å². The van der Waals surface area contributed by atoms with E-state index in [1.807, 2.05) is 18.2 Å². The van der Waals surface area contributed by atoms with Crippen molar-refractivity contribution in [2.24, 2.45) is 0 Å². The van der Waals surface area contributed by atoms with Crippen molar-refractivity contribution in [1.29, 1.82) is 0 Å². The number of fused-ring (bicyclic) bond motifs is 1. The predicted molar refractivity (Wildman–Crippen MR) is 82.6 cm³/mol. The summed E-state index contributed by atoms with van der Waals surface area (Å²) in [5.74, 6) is 0.256. The van der Waals surface area contributed by atoms with Gasteiger partial charge in [-0.1, -0.05) is 0 Å². The monoisotopic (exact) mass is 330 g/mol. The van der Waals surface area contributed by atoms with Crippen LogP contribution in [0.2, 0.25) is 0 Å². The number of aromatic amines is 1. The van der Waals surface area contributed by atoms with Crippen LogP contribution in [0.4, 0.5) is 11.5 Å². The second-order valence-electron chi connectivity index (χ2n) is 4.35. The molecule has 0 spiro atoms. The van der Waals surface area contributed by atoms with Crippen molar-refractivity contribution in [3.05, 3.63) is 52.8 Å². The van der Waals surface area contributed by atoms with E-state index in [-0.39, 0.29) is 5.91 Å². The molecule has 5 nitrogen and oxygen atoms in total. The van der Waals surface area contributed by atoms with Crippen molar-refractivity contribution in [2.45, 2.75) is 0 Å². The lowest BCUT2D eigenvalue weighted by atomic mass is 10.2. The van der Waals surface area contributed by atoms with Crippen molar-refractivity contribution < 1.29 is 4.79 Å². The molecule has 0 aliphatic carbocycles. The largest absolute Gasteiger partial charge is 0.399 e. The van der Waals surface area contributed by atoms with Crippen LogP contribution in [0.5, 0.6) is 0 Å². The number of hydrogen-bond acceptors (Lipinski definition) is 3. The molecule has 100 valence electrons. The number of benzene rings is 1. The highest BCUT2D eigenvalue weighted by atomic mass is 79.9. The van der Waals surface area contributed by atoms with Gasteiger partial charge in [-0.05, 0) is 52.3 Å². The first-order valence-electron chi connectivity index (χ1n) is 5.93. The van der Waals surface area contributed by atoms with Crippen molar-refractivity contribution in [3.63, 3.8) is 0 Å². The van der Waals surface area contributed by atoms with Crippen LogP contribution in [0.1, 0.15) is 10.5 Å². The number of anilines is 2. The number of hydrogen-bond donors (Lipinski definition) is 3. The quantitative estimate of drug-likeness (QED) is 0.631. The minimum Gasteiger partial charge on any atom is -0.399 e. The van der Waals surface area contributed by atoms with Crippen molar-refractivity contribution in [2.75, 3.05) is 11.1 Å². The Morgan fingerprint density at radius 3 is 2.85 bits per heavy atom. The molecule has 0 atom stereocenters. The fourth-order valence-corrected chi connectivity index (χ4v) is 2.14. The maximum absolute atomic E-state index is 12.1. The van der Waals surface area contributed by atoms with Crippen LogP contribution in [-0.2, 0) is 0 Å². The van der Waals surface area contributed by atoms with Gasteiger partial charge >= 0.3 is 0 Å². The molecule has 20 heavy (non-hydrogen) atoms. The average Bonchev–Trinajstić information content (AvgIpc) is 2.84. The molecule has 0 saturated carbocycles. The Balaban J connectivity index is 1.86. The first kappa shape index (κ1) is 12.7. The van der Waals surface area contributed by atoms with E-state index in [4.69, 9.17) is 5.73 Å². The highest BCUT2D eigenvalue weighted by Gasteiger charge is 2.10. The van der Waals surface area contributed by atoms with Gasteiger partial charge in [-0.2, -0.15) is 0 Å². The van der Waals surface area contributed by atoms with E-state index in [9.17, 15) is 4.79 Å². The van der Waals surface area contributed by atoms with Crippen LogP contribution in [0.15, 0.2) is 47.1 Å². The lowest BCUT2D eigenvalue weighted by molar-refractivity contribution is 0.102. The molecule has 3 rings (SSSR count). The van der Waals surface area contributed by atoms with E-state index in [1.165, 1.54) is 0 Å². The molecule has 0 bridgehead atoms. The number of H-pyrrole nitrogens is 1. The molecule has 0 aliphatic rings. The van der Waals surface area contributed by atoms with Crippen LogP contribution < -0.4 is 11.1 Å². The van der Waals surface area contributed by atoms with Crippen LogP contribution >= 0.6 is 15.9 Å². The zero-order valence-corrected chi connectivity index (χ0v) is 11.9. The van der Waals surface area contributed by atoms with Gasteiger partial charge in [0.05, 0.1) is 0 Å². The van der Waals surface area contributed by atoms with Gasteiger partial charge in [0.15, 0.2) is 0 Å². The Labute approximate surface area is 123 Å². The van der Waals surface area contributed by atoms with E-state index in [2.05, 4.69) is 31.2 Å². The van der Waals surface area contributed by atoms with Gasteiger partial charge in [-0.25, -0.2) is 4.98 Å². The summed E-state index contributed by atoms with van der Waals surface area (Å²) in [6.07, 6.45) is 1.63. The molecular formula is C14H11BrN4O. The van der Waals surface area contributed by atoms with Crippen LogP contribution in [0.3, 0.4) is 0 Å². The zero-order chi connectivity index (χ0) is 14.1. The summed E-state index contributed by atoms with van der Waals surface area (Å²) in [7, 11) is 0. The Hall–Kier alpha value is -2.34. The lowest BCUT2D eigenvalue weighted by Crippen LogP contribution is -2.13. The van der Waals surface area contributed by atoms with Gasteiger partial charge in [0.1, 0.15) is 11.5 Å². The van der Waals surface area contributed by atoms with Crippen molar-refractivity contribution >= 4 is 44.2 Å². The Bertz CT molecular complexity index is 779. The summed E-state index contributed by atoms with van der Waals surface area (Å²) in [5, 5.41) is 3.63. The number of aromatic nitrogens is 2. The first-order chi connectivity index (χ1) is 9.61. The van der Waals surface area contributed by atoms with Gasteiger partial charge in [0, 0.05) is 27.3 Å². The average molecular weight is 331 g/mol. The Morgan fingerprint density at radius 1 is 1.25 bits per heavy atom. The standard InChI is InChI=1S/C14H11BrN4O/c15-9-1-4-13(17-7-9)19-14(20)12-6-8-5-10(16)2-3-11(8)18-12/h1-7,18H,16H2,(H,17,19,20). The van der Waals surface area contributed by atoms with Gasteiger partial charge in [-0.15, -0.1) is 0 Å². The molecule has 1 aromatic carbocycles. The lowest BCUT2D eigenvalue weighted by Gasteiger charge is -2.02. The van der Waals surface area contributed by atoms with Crippen LogP contribution in [0, 0.1) is 0 Å². The summed E-state index contributed by atoms with van der Waals surface area (Å²) in [5.41, 5.74) is 7.72.